The largest absolute Gasteiger partial charge is 0.268 e. The second-order valence-electron chi connectivity index (χ2n) is 4.15. The van der Waals surface area contributed by atoms with E-state index >= 15 is 0 Å². The van der Waals surface area contributed by atoms with Gasteiger partial charge < -0.3 is 0 Å². The average molecular weight is 236 g/mol. The molecule has 0 fully saturated rings. The van der Waals surface area contributed by atoms with Gasteiger partial charge in [-0.05, 0) is 31.2 Å². The Hall–Kier alpha value is -2.42. The highest BCUT2D eigenvalue weighted by Crippen LogP contribution is 2.17. The Morgan fingerprint density at radius 2 is 1.67 bits per heavy atom. The highest BCUT2D eigenvalue weighted by atomic mass is 16.2. The quantitative estimate of drug-likeness (QED) is 0.651. The lowest BCUT2D eigenvalue weighted by molar-refractivity contribution is 0.0962. The molecule has 1 heterocycles. The fraction of sp³-hybridized carbons (Fsp3) is 0.0667. The smallest absolute Gasteiger partial charge is 0.263 e. The number of fused-ring (bicyclic) bond motifs is 1. The minimum Gasteiger partial charge on any atom is -0.268 e. The molecule has 0 spiro atoms. The van der Waals surface area contributed by atoms with Crippen LogP contribution < -0.4 is 0 Å². The van der Waals surface area contributed by atoms with Crippen molar-refractivity contribution in [1.29, 1.82) is 0 Å². The van der Waals surface area contributed by atoms with Gasteiger partial charge in [0.25, 0.3) is 5.91 Å². The summed E-state index contributed by atoms with van der Waals surface area (Å²) in [6.45, 7) is 1.85. The Kier molecular flexibility index (Phi) is 2.45. The zero-order chi connectivity index (χ0) is 12.5. The van der Waals surface area contributed by atoms with Crippen molar-refractivity contribution in [2.75, 3.05) is 0 Å². The van der Waals surface area contributed by atoms with E-state index in [1.807, 2.05) is 61.5 Å². The van der Waals surface area contributed by atoms with Crippen LogP contribution in [0.15, 0.2) is 54.6 Å². The van der Waals surface area contributed by atoms with Crippen LogP contribution in [0.5, 0.6) is 0 Å². The molecular weight excluding hydrogens is 224 g/mol. The van der Waals surface area contributed by atoms with Crippen LogP contribution in [0.25, 0.3) is 11.0 Å². The molecule has 3 aromatic rings. The number of nitrogens with zero attached hydrogens (tertiary/aromatic N) is 2. The number of hydrogen-bond acceptors (Lipinski definition) is 2. The van der Waals surface area contributed by atoms with Crippen molar-refractivity contribution in [2.45, 2.75) is 6.92 Å². The zero-order valence-corrected chi connectivity index (χ0v) is 10.00. The Morgan fingerprint density at radius 1 is 1.00 bits per heavy atom. The summed E-state index contributed by atoms with van der Waals surface area (Å²) in [5.74, 6) is 0.673. The summed E-state index contributed by atoms with van der Waals surface area (Å²) in [6.07, 6.45) is 0. The molecule has 3 rings (SSSR count). The first-order chi connectivity index (χ1) is 8.77. The van der Waals surface area contributed by atoms with Crippen molar-refractivity contribution in [3.05, 3.63) is 66.0 Å². The lowest BCUT2D eigenvalue weighted by atomic mass is 10.2. The molecule has 0 saturated heterocycles. The summed E-state index contributed by atoms with van der Waals surface area (Å²) in [7, 11) is 0. The molecule has 0 saturated carbocycles. The van der Waals surface area contributed by atoms with Gasteiger partial charge >= 0.3 is 0 Å². The van der Waals surface area contributed by atoms with Crippen molar-refractivity contribution in [3.63, 3.8) is 0 Å². The number of rotatable bonds is 1. The molecule has 0 N–H and O–H groups in total. The van der Waals surface area contributed by atoms with Gasteiger partial charge in [0.05, 0.1) is 11.0 Å². The van der Waals surface area contributed by atoms with Crippen LogP contribution in [0, 0.1) is 6.92 Å². The first-order valence-corrected chi connectivity index (χ1v) is 5.81. The van der Waals surface area contributed by atoms with Crippen molar-refractivity contribution >= 4 is 16.9 Å². The molecule has 0 bridgehead atoms. The Balaban J connectivity index is 2.21. The molecule has 0 amide bonds. The van der Waals surface area contributed by atoms with Gasteiger partial charge in [0, 0.05) is 5.56 Å². The van der Waals surface area contributed by atoms with Gasteiger partial charge in [0.15, 0.2) is 0 Å². The van der Waals surface area contributed by atoms with E-state index in [1.54, 1.807) is 4.57 Å². The lowest BCUT2D eigenvalue weighted by Gasteiger charge is -2.05. The minimum absolute atomic E-state index is 0.0400. The van der Waals surface area contributed by atoms with Gasteiger partial charge in [0.1, 0.15) is 5.82 Å². The number of aromatic nitrogens is 2. The molecule has 0 aliphatic rings. The molecule has 0 radical (unpaired) electrons. The van der Waals surface area contributed by atoms with Crippen LogP contribution in [0.4, 0.5) is 0 Å². The molecule has 2 aromatic carbocycles. The Morgan fingerprint density at radius 3 is 2.44 bits per heavy atom. The Labute approximate surface area is 105 Å². The molecule has 3 nitrogen and oxygen atoms in total. The number of carbonyl (C=O) groups is 1. The minimum atomic E-state index is -0.0400. The third kappa shape index (κ3) is 1.61. The first-order valence-electron chi connectivity index (χ1n) is 5.81. The third-order valence-corrected chi connectivity index (χ3v) is 2.95. The SMILES string of the molecule is Cc1nc2ccccc2n1C(=O)c1ccccc1. The number of benzene rings is 2. The second kappa shape index (κ2) is 4.11. The van der Waals surface area contributed by atoms with Crippen LogP contribution in [0.3, 0.4) is 0 Å². The molecule has 18 heavy (non-hydrogen) atoms. The summed E-state index contributed by atoms with van der Waals surface area (Å²) < 4.78 is 1.66. The maximum absolute atomic E-state index is 12.5. The molecule has 0 aliphatic carbocycles. The van der Waals surface area contributed by atoms with Crippen molar-refractivity contribution in [3.8, 4) is 0 Å². The van der Waals surface area contributed by atoms with Crippen molar-refractivity contribution in [1.82, 2.24) is 9.55 Å². The molecular formula is C15H12N2O. The van der Waals surface area contributed by atoms with Crippen molar-refractivity contribution in [2.24, 2.45) is 0 Å². The van der Waals surface area contributed by atoms with E-state index in [0.29, 0.717) is 11.4 Å². The maximum atomic E-state index is 12.5. The number of hydrogen-bond donors (Lipinski definition) is 0. The molecule has 0 atom stereocenters. The van der Waals surface area contributed by atoms with Gasteiger partial charge in [0.2, 0.25) is 0 Å². The van der Waals surface area contributed by atoms with Gasteiger partial charge in [-0.15, -0.1) is 0 Å². The summed E-state index contributed by atoms with van der Waals surface area (Å²) in [5, 5.41) is 0. The fourth-order valence-corrected chi connectivity index (χ4v) is 2.11. The van der Waals surface area contributed by atoms with Crippen LogP contribution in [-0.2, 0) is 0 Å². The predicted octanol–water partition coefficient (Wildman–Crippen LogP) is 3.03. The maximum Gasteiger partial charge on any atom is 0.263 e. The number of imidazole rings is 1. The molecule has 1 aromatic heterocycles. The lowest BCUT2D eigenvalue weighted by Crippen LogP contribution is -2.13. The Bertz CT molecular complexity index is 714. The van der Waals surface area contributed by atoms with E-state index < -0.39 is 0 Å². The second-order valence-corrected chi connectivity index (χ2v) is 4.15. The molecule has 3 heteroatoms. The summed E-state index contributed by atoms with van der Waals surface area (Å²) >= 11 is 0. The fourth-order valence-electron chi connectivity index (χ4n) is 2.11. The van der Waals surface area contributed by atoms with Crippen molar-refractivity contribution < 1.29 is 4.79 Å². The highest BCUT2D eigenvalue weighted by molar-refractivity contribution is 6.01. The third-order valence-electron chi connectivity index (χ3n) is 2.95. The topological polar surface area (TPSA) is 34.9 Å². The van der Waals surface area contributed by atoms with E-state index in [9.17, 15) is 4.79 Å². The number of para-hydroxylation sites is 2. The summed E-state index contributed by atoms with van der Waals surface area (Å²) in [6, 6.07) is 16.9. The van der Waals surface area contributed by atoms with E-state index in [2.05, 4.69) is 4.98 Å². The predicted molar refractivity (Wildman–Crippen MR) is 70.6 cm³/mol. The van der Waals surface area contributed by atoms with Crippen LogP contribution in [0.2, 0.25) is 0 Å². The summed E-state index contributed by atoms with van der Waals surface area (Å²) in [5.41, 5.74) is 2.37. The average Bonchev–Trinajstić information content (AvgIpc) is 2.75. The molecule has 88 valence electrons. The normalized spacial score (nSPS) is 10.7. The molecule has 0 aliphatic heterocycles. The van der Waals surface area contributed by atoms with Gasteiger partial charge in [-0.25, -0.2) is 4.98 Å². The van der Waals surface area contributed by atoms with Gasteiger partial charge in [-0.3, -0.25) is 9.36 Å². The van der Waals surface area contributed by atoms with Crippen LogP contribution >= 0.6 is 0 Å². The van der Waals surface area contributed by atoms with Gasteiger partial charge in [-0.1, -0.05) is 30.3 Å². The van der Waals surface area contributed by atoms with E-state index in [4.69, 9.17) is 0 Å². The monoisotopic (exact) mass is 236 g/mol. The van der Waals surface area contributed by atoms with Crippen LogP contribution in [-0.4, -0.2) is 15.5 Å². The van der Waals surface area contributed by atoms with E-state index in [0.717, 1.165) is 11.0 Å². The highest BCUT2D eigenvalue weighted by Gasteiger charge is 2.14. The molecule has 0 unspecified atom stereocenters. The standard InChI is InChI=1S/C15H12N2O/c1-11-16-13-9-5-6-10-14(13)17(11)15(18)12-7-3-2-4-8-12/h2-10H,1H3. The van der Waals surface area contributed by atoms with E-state index in [1.165, 1.54) is 0 Å². The van der Waals surface area contributed by atoms with E-state index in [-0.39, 0.29) is 5.91 Å². The zero-order valence-electron chi connectivity index (χ0n) is 10.00. The van der Waals surface area contributed by atoms with Crippen LogP contribution in [0.1, 0.15) is 16.2 Å². The summed E-state index contributed by atoms with van der Waals surface area (Å²) in [4.78, 5) is 16.9. The number of carbonyl (C=O) groups excluding carboxylic acids is 1. The first kappa shape index (κ1) is 10.7. The van der Waals surface area contributed by atoms with Gasteiger partial charge in [-0.2, -0.15) is 0 Å². The number of aryl methyl sites for hydroxylation is 1.